The number of benzene rings is 1. The number of pyridine rings is 1. The Morgan fingerprint density at radius 3 is 2.61 bits per heavy atom. The predicted molar refractivity (Wildman–Crippen MR) is 100 cm³/mol. The Hall–Kier alpha value is -1.83. The molecular weight excluding hydrogens is 282 g/mol. The van der Waals surface area contributed by atoms with Gasteiger partial charge in [0.05, 0.1) is 5.52 Å². The molecule has 0 atom stereocenters. The number of unbranched alkanes of at least 4 members (excludes halogenated alkanes) is 6. The monoisotopic (exact) mass is 311 g/mol. The van der Waals surface area contributed by atoms with Crippen molar-refractivity contribution in [2.24, 2.45) is 7.05 Å². The summed E-state index contributed by atoms with van der Waals surface area (Å²) in [5.41, 5.74) is 2.31. The van der Waals surface area contributed by atoms with Gasteiger partial charge in [0.25, 0.3) is 0 Å². The molecule has 1 heterocycles. The summed E-state index contributed by atoms with van der Waals surface area (Å²) in [6, 6.07) is 7.84. The first-order valence-corrected chi connectivity index (χ1v) is 8.95. The van der Waals surface area contributed by atoms with Crippen LogP contribution in [0.15, 0.2) is 47.4 Å². The Bertz CT molecular complexity index is 697. The van der Waals surface area contributed by atoms with Gasteiger partial charge in [-0.15, -0.1) is 0 Å². The minimum absolute atomic E-state index is 0.107. The second kappa shape index (κ2) is 9.34. The molecule has 2 heteroatoms. The Balaban J connectivity index is 1.82. The summed E-state index contributed by atoms with van der Waals surface area (Å²) < 4.78 is 1.99. The second-order valence-corrected chi connectivity index (χ2v) is 6.37. The van der Waals surface area contributed by atoms with E-state index in [9.17, 15) is 4.79 Å². The summed E-state index contributed by atoms with van der Waals surface area (Å²) >= 11 is 0. The molecule has 0 aliphatic heterocycles. The van der Waals surface area contributed by atoms with E-state index in [1.807, 2.05) is 29.9 Å². The molecule has 0 fully saturated rings. The number of hydrogen-bond acceptors (Lipinski definition) is 1. The number of nitrogens with zero attached hydrogens (tertiary/aromatic N) is 1. The van der Waals surface area contributed by atoms with Gasteiger partial charge in [0.2, 0.25) is 0 Å². The molecule has 2 rings (SSSR count). The van der Waals surface area contributed by atoms with E-state index >= 15 is 0 Å². The summed E-state index contributed by atoms with van der Waals surface area (Å²) in [5, 5.41) is 0.817. The van der Waals surface area contributed by atoms with Gasteiger partial charge in [0.15, 0.2) is 5.43 Å². The topological polar surface area (TPSA) is 22.0 Å². The first-order valence-electron chi connectivity index (χ1n) is 8.95. The molecule has 1 aromatic carbocycles. The molecule has 2 aromatic rings. The lowest BCUT2D eigenvalue weighted by Crippen LogP contribution is -2.05. The van der Waals surface area contributed by atoms with Crippen LogP contribution in [-0.2, 0) is 13.5 Å². The number of allylic oxidation sites excluding steroid dienone is 2. The highest BCUT2D eigenvalue weighted by atomic mass is 16.1. The van der Waals surface area contributed by atoms with Crippen molar-refractivity contribution in [3.8, 4) is 0 Å². The van der Waals surface area contributed by atoms with Gasteiger partial charge in [0, 0.05) is 24.7 Å². The zero-order valence-electron chi connectivity index (χ0n) is 14.6. The Morgan fingerprint density at radius 2 is 1.78 bits per heavy atom. The highest BCUT2D eigenvalue weighted by Crippen LogP contribution is 2.13. The van der Waals surface area contributed by atoms with Gasteiger partial charge in [-0.05, 0) is 37.0 Å². The number of fused-ring (bicyclic) bond motifs is 1. The smallest absolute Gasteiger partial charge is 0.189 e. The van der Waals surface area contributed by atoms with E-state index in [0.29, 0.717) is 0 Å². The van der Waals surface area contributed by atoms with Crippen LogP contribution in [0, 0.1) is 0 Å². The fourth-order valence-electron chi connectivity index (χ4n) is 2.94. The average Bonchev–Trinajstić information content (AvgIpc) is 2.57. The number of aryl methyl sites for hydroxylation is 1. The largest absolute Gasteiger partial charge is 0.350 e. The third-order valence-corrected chi connectivity index (χ3v) is 4.40. The molecule has 1 aromatic heterocycles. The molecule has 23 heavy (non-hydrogen) atoms. The molecule has 0 unspecified atom stereocenters. The minimum Gasteiger partial charge on any atom is -0.350 e. The van der Waals surface area contributed by atoms with E-state index in [0.717, 1.165) is 17.3 Å². The van der Waals surface area contributed by atoms with Gasteiger partial charge < -0.3 is 4.57 Å². The minimum atomic E-state index is 0.107. The van der Waals surface area contributed by atoms with Crippen LogP contribution < -0.4 is 5.43 Å². The summed E-state index contributed by atoms with van der Waals surface area (Å²) in [6.07, 6.45) is 16.5. The lowest BCUT2D eigenvalue weighted by atomic mass is 10.1. The standard InChI is InChI=1S/C21H29NO/c1-3-4-5-6-7-8-9-10-11-12-18-13-14-20-19(17-18)21(23)15-16-22(20)2/h10-11,13-17H,3-9,12H2,1-2H3/b11-10+. The molecule has 0 spiro atoms. The van der Waals surface area contributed by atoms with Crippen molar-refractivity contribution < 1.29 is 0 Å². The van der Waals surface area contributed by atoms with Gasteiger partial charge in [-0.25, -0.2) is 0 Å². The lowest BCUT2D eigenvalue weighted by Gasteiger charge is -2.05. The van der Waals surface area contributed by atoms with Crippen molar-refractivity contribution in [3.63, 3.8) is 0 Å². The maximum absolute atomic E-state index is 12.0. The van der Waals surface area contributed by atoms with Crippen molar-refractivity contribution in [2.45, 2.75) is 58.3 Å². The number of rotatable bonds is 9. The quantitative estimate of drug-likeness (QED) is 0.449. The molecule has 0 radical (unpaired) electrons. The summed E-state index contributed by atoms with van der Waals surface area (Å²) in [5.74, 6) is 0. The van der Waals surface area contributed by atoms with Gasteiger partial charge in [-0.3, -0.25) is 4.79 Å². The van der Waals surface area contributed by atoms with Crippen molar-refractivity contribution in [1.29, 1.82) is 0 Å². The van der Waals surface area contributed by atoms with Crippen molar-refractivity contribution in [1.82, 2.24) is 4.57 Å². The average molecular weight is 311 g/mol. The summed E-state index contributed by atoms with van der Waals surface area (Å²) in [7, 11) is 1.97. The molecular formula is C21H29NO. The molecule has 0 saturated heterocycles. The van der Waals surface area contributed by atoms with Crippen LogP contribution in [0.5, 0.6) is 0 Å². The fourth-order valence-corrected chi connectivity index (χ4v) is 2.94. The van der Waals surface area contributed by atoms with E-state index in [-0.39, 0.29) is 5.43 Å². The molecule has 0 N–H and O–H groups in total. The molecule has 0 saturated carbocycles. The van der Waals surface area contributed by atoms with Crippen LogP contribution in [0.3, 0.4) is 0 Å². The maximum Gasteiger partial charge on any atom is 0.189 e. The third-order valence-electron chi connectivity index (χ3n) is 4.40. The van der Waals surface area contributed by atoms with Gasteiger partial charge in [-0.2, -0.15) is 0 Å². The Labute approximate surface area is 139 Å². The van der Waals surface area contributed by atoms with Crippen molar-refractivity contribution in [2.75, 3.05) is 0 Å². The van der Waals surface area contributed by atoms with Crippen LogP contribution >= 0.6 is 0 Å². The first-order chi connectivity index (χ1) is 11.2. The fraction of sp³-hybridized carbons (Fsp3) is 0.476. The zero-order chi connectivity index (χ0) is 16.5. The van der Waals surface area contributed by atoms with Gasteiger partial charge in [-0.1, -0.05) is 57.2 Å². The first kappa shape index (κ1) is 17.5. The van der Waals surface area contributed by atoms with Crippen LogP contribution in [0.2, 0.25) is 0 Å². The van der Waals surface area contributed by atoms with Crippen LogP contribution in [0.1, 0.15) is 57.4 Å². The van der Waals surface area contributed by atoms with Gasteiger partial charge >= 0.3 is 0 Å². The van der Waals surface area contributed by atoms with E-state index in [1.165, 1.54) is 50.5 Å². The predicted octanol–water partition coefficient (Wildman–Crippen LogP) is 5.39. The highest BCUT2D eigenvalue weighted by Gasteiger charge is 2.01. The number of hydrogen-bond donors (Lipinski definition) is 0. The van der Waals surface area contributed by atoms with E-state index in [1.54, 1.807) is 6.07 Å². The third kappa shape index (κ3) is 5.38. The normalized spacial score (nSPS) is 11.6. The summed E-state index contributed by atoms with van der Waals surface area (Å²) in [4.78, 5) is 12.0. The SMILES string of the molecule is CCCCCCCC/C=C/Cc1ccc2c(c1)c(=O)ccn2C. The van der Waals surface area contributed by atoms with Crippen LogP contribution in [0.25, 0.3) is 10.9 Å². The van der Waals surface area contributed by atoms with E-state index < -0.39 is 0 Å². The van der Waals surface area contributed by atoms with E-state index in [4.69, 9.17) is 0 Å². The Morgan fingerprint density at radius 1 is 1.00 bits per heavy atom. The van der Waals surface area contributed by atoms with Crippen LogP contribution in [0.4, 0.5) is 0 Å². The van der Waals surface area contributed by atoms with Crippen molar-refractivity contribution in [3.05, 3.63) is 58.4 Å². The number of aromatic nitrogens is 1. The molecule has 0 amide bonds. The zero-order valence-corrected chi connectivity index (χ0v) is 14.6. The van der Waals surface area contributed by atoms with Gasteiger partial charge in [0.1, 0.15) is 0 Å². The molecule has 2 nitrogen and oxygen atoms in total. The van der Waals surface area contributed by atoms with Crippen molar-refractivity contribution >= 4 is 10.9 Å². The molecule has 0 aliphatic carbocycles. The molecule has 0 bridgehead atoms. The van der Waals surface area contributed by atoms with Crippen LogP contribution in [-0.4, -0.2) is 4.57 Å². The van der Waals surface area contributed by atoms with E-state index in [2.05, 4.69) is 25.1 Å². The second-order valence-electron chi connectivity index (χ2n) is 6.37. The molecule has 0 aliphatic rings. The lowest BCUT2D eigenvalue weighted by molar-refractivity contribution is 0.611. The summed E-state index contributed by atoms with van der Waals surface area (Å²) in [6.45, 7) is 2.26. The molecule has 124 valence electrons. The Kier molecular flexibility index (Phi) is 7.12. The maximum atomic E-state index is 12.0. The highest BCUT2D eigenvalue weighted by molar-refractivity contribution is 5.79.